The second kappa shape index (κ2) is 7.19. The van der Waals surface area contributed by atoms with Gasteiger partial charge in [0.1, 0.15) is 0 Å². The Morgan fingerprint density at radius 1 is 0.857 bits per heavy atom. The van der Waals surface area contributed by atoms with E-state index in [9.17, 15) is 8.42 Å². The van der Waals surface area contributed by atoms with E-state index < -0.39 is 10.0 Å². The van der Waals surface area contributed by atoms with Gasteiger partial charge in [0.05, 0.1) is 10.9 Å². The Balaban J connectivity index is 1.85. The van der Waals surface area contributed by atoms with Gasteiger partial charge in [0.25, 0.3) is 0 Å². The van der Waals surface area contributed by atoms with E-state index in [2.05, 4.69) is 26.0 Å². The third-order valence-corrected chi connectivity index (χ3v) is 7.47. The number of hydrogen-bond donors (Lipinski definition) is 0. The summed E-state index contributed by atoms with van der Waals surface area (Å²) < 4.78 is 28.9. The first-order valence-corrected chi connectivity index (χ1v) is 11.0. The first kappa shape index (κ1) is 18.9. The Bertz CT molecular complexity index is 1100. The van der Waals surface area contributed by atoms with Crippen LogP contribution in [0.4, 0.5) is 0 Å². The fourth-order valence-electron chi connectivity index (χ4n) is 4.13. The zero-order valence-electron chi connectivity index (χ0n) is 16.5. The predicted molar refractivity (Wildman–Crippen MR) is 113 cm³/mol. The topological polar surface area (TPSA) is 37.4 Å². The van der Waals surface area contributed by atoms with E-state index in [1.54, 1.807) is 16.4 Å². The van der Waals surface area contributed by atoms with Crippen LogP contribution in [0.5, 0.6) is 0 Å². The summed E-state index contributed by atoms with van der Waals surface area (Å²) in [6, 6.07) is 21.2. The zero-order chi connectivity index (χ0) is 19.9. The lowest BCUT2D eigenvalue weighted by molar-refractivity contribution is 0.295. The highest BCUT2D eigenvalue weighted by Crippen LogP contribution is 2.38. The van der Waals surface area contributed by atoms with Crippen molar-refractivity contribution in [2.24, 2.45) is 0 Å². The average molecular weight is 392 g/mol. The van der Waals surface area contributed by atoms with Crippen LogP contribution in [-0.4, -0.2) is 12.7 Å². The first-order chi connectivity index (χ1) is 13.4. The van der Waals surface area contributed by atoms with E-state index in [1.807, 2.05) is 49.4 Å². The maximum Gasteiger partial charge on any atom is 0.243 e. The fraction of sp³-hybridized carbons (Fsp3) is 0.250. The van der Waals surface area contributed by atoms with Crippen LogP contribution in [0.3, 0.4) is 0 Å². The van der Waals surface area contributed by atoms with Gasteiger partial charge in [0.15, 0.2) is 0 Å². The minimum Gasteiger partial charge on any atom is -0.207 e. The van der Waals surface area contributed by atoms with Gasteiger partial charge in [0, 0.05) is 6.54 Å². The van der Waals surface area contributed by atoms with Crippen molar-refractivity contribution >= 4 is 10.0 Å². The number of aryl methyl sites for hydroxylation is 3. The Labute approximate surface area is 167 Å². The van der Waals surface area contributed by atoms with Crippen molar-refractivity contribution in [1.82, 2.24) is 4.31 Å². The van der Waals surface area contributed by atoms with Crippen LogP contribution in [0, 0.1) is 20.8 Å². The van der Waals surface area contributed by atoms with Crippen molar-refractivity contribution in [2.45, 2.75) is 44.7 Å². The van der Waals surface area contributed by atoms with Gasteiger partial charge in [-0.25, -0.2) is 8.42 Å². The molecular formula is C24H25NO2S. The largest absolute Gasteiger partial charge is 0.243 e. The average Bonchev–Trinajstić information content (AvgIpc) is 2.68. The molecule has 0 saturated carbocycles. The minimum absolute atomic E-state index is 0.207. The van der Waals surface area contributed by atoms with Crippen LogP contribution in [0.1, 0.15) is 39.4 Å². The molecule has 0 amide bonds. The van der Waals surface area contributed by atoms with E-state index in [1.165, 1.54) is 11.1 Å². The maximum absolute atomic E-state index is 13.6. The molecule has 144 valence electrons. The van der Waals surface area contributed by atoms with Gasteiger partial charge < -0.3 is 0 Å². The van der Waals surface area contributed by atoms with Crippen LogP contribution < -0.4 is 0 Å². The molecule has 0 radical (unpaired) electrons. The lowest BCUT2D eigenvalue weighted by Gasteiger charge is -2.37. The molecule has 1 heterocycles. The number of sulfonamides is 1. The molecule has 0 aliphatic carbocycles. The van der Waals surface area contributed by atoms with Crippen molar-refractivity contribution in [3.8, 4) is 0 Å². The molecule has 0 saturated heterocycles. The van der Waals surface area contributed by atoms with E-state index in [4.69, 9.17) is 0 Å². The first-order valence-electron chi connectivity index (χ1n) is 9.59. The summed E-state index contributed by atoms with van der Waals surface area (Å²) in [5.74, 6) is 0. The molecule has 0 N–H and O–H groups in total. The summed E-state index contributed by atoms with van der Waals surface area (Å²) in [4.78, 5) is 0.354. The number of benzene rings is 3. The molecular weight excluding hydrogens is 366 g/mol. The molecule has 28 heavy (non-hydrogen) atoms. The second-order valence-electron chi connectivity index (χ2n) is 7.71. The number of nitrogens with zero attached hydrogens (tertiary/aromatic N) is 1. The highest BCUT2D eigenvalue weighted by Gasteiger charge is 2.37. The van der Waals surface area contributed by atoms with Crippen molar-refractivity contribution in [3.05, 3.63) is 100 Å². The van der Waals surface area contributed by atoms with Gasteiger partial charge in [-0.05, 0) is 61.6 Å². The van der Waals surface area contributed by atoms with Gasteiger partial charge in [-0.1, -0.05) is 65.7 Å². The molecule has 3 nitrogen and oxygen atoms in total. The van der Waals surface area contributed by atoms with Crippen molar-refractivity contribution < 1.29 is 8.42 Å². The molecule has 0 fully saturated rings. The molecule has 1 atom stereocenters. The molecule has 1 unspecified atom stereocenters. The molecule has 0 bridgehead atoms. The van der Waals surface area contributed by atoms with Gasteiger partial charge in [-0.2, -0.15) is 4.31 Å². The lowest BCUT2D eigenvalue weighted by Crippen LogP contribution is -2.39. The SMILES string of the molecule is Cc1ccc(S(=O)(=O)N2Cc3c(C)cc(C)cc3CC2c2ccccc2)cc1. The number of fused-ring (bicyclic) bond motifs is 1. The smallest absolute Gasteiger partial charge is 0.207 e. The molecule has 0 spiro atoms. The van der Waals surface area contributed by atoms with Crippen LogP contribution in [0.15, 0.2) is 71.6 Å². The van der Waals surface area contributed by atoms with Gasteiger partial charge >= 0.3 is 0 Å². The zero-order valence-corrected chi connectivity index (χ0v) is 17.3. The van der Waals surface area contributed by atoms with Crippen molar-refractivity contribution in [3.63, 3.8) is 0 Å². The maximum atomic E-state index is 13.6. The number of rotatable bonds is 3. The summed E-state index contributed by atoms with van der Waals surface area (Å²) in [6.07, 6.45) is 0.687. The normalized spacial score (nSPS) is 17.3. The summed E-state index contributed by atoms with van der Waals surface area (Å²) in [6.45, 7) is 6.54. The molecule has 3 aromatic rings. The lowest BCUT2D eigenvalue weighted by atomic mass is 9.88. The predicted octanol–water partition coefficient (Wildman–Crippen LogP) is 5.10. The fourth-order valence-corrected chi connectivity index (χ4v) is 5.71. The highest BCUT2D eigenvalue weighted by molar-refractivity contribution is 7.89. The van der Waals surface area contributed by atoms with Crippen molar-refractivity contribution in [2.75, 3.05) is 0 Å². The van der Waals surface area contributed by atoms with Gasteiger partial charge in [-0.3, -0.25) is 0 Å². The molecule has 4 heteroatoms. The Hall–Kier alpha value is -2.43. The highest BCUT2D eigenvalue weighted by atomic mass is 32.2. The third-order valence-electron chi connectivity index (χ3n) is 5.60. The summed E-state index contributed by atoms with van der Waals surface area (Å²) >= 11 is 0. The van der Waals surface area contributed by atoms with Crippen molar-refractivity contribution in [1.29, 1.82) is 0 Å². The summed E-state index contributed by atoms with van der Waals surface area (Å²) in [5.41, 5.74) is 6.84. The monoisotopic (exact) mass is 391 g/mol. The summed E-state index contributed by atoms with van der Waals surface area (Å²) in [7, 11) is -3.61. The van der Waals surface area contributed by atoms with Crippen LogP contribution in [0.2, 0.25) is 0 Å². The molecule has 4 rings (SSSR count). The second-order valence-corrected chi connectivity index (χ2v) is 9.60. The minimum atomic E-state index is -3.61. The van der Waals surface area contributed by atoms with E-state index in [-0.39, 0.29) is 6.04 Å². The van der Waals surface area contributed by atoms with E-state index >= 15 is 0 Å². The van der Waals surface area contributed by atoms with Gasteiger partial charge in [0.2, 0.25) is 10.0 Å². The van der Waals surface area contributed by atoms with Crippen LogP contribution >= 0.6 is 0 Å². The Kier molecular flexibility index (Phi) is 4.86. The Morgan fingerprint density at radius 2 is 1.54 bits per heavy atom. The molecule has 1 aliphatic heterocycles. The standard InChI is InChI=1S/C24H25NO2S/c1-17-9-11-22(12-10-17)28(26,27)25-16-23-19(3)13-18(2)14-21(23)15-24(25)20-7-5-4-6-8-20/h4-14,24H,15-16H2,1-3H3. The number of hydrogen-bond acceptors (Lipinski definition) is 2. The quantitative estimate of drug-likeness (QED) is 0.623. The van der Waals surface area contributed by atoms with E-state index in [0.717, 1.165) is 22.3 Å². The van der Waals surface area contributed by atoms with Crippen LogP contribution in [-0.2, 0) is 23.0 Å². The molecule has 3 aromatic carbocycles. The summed E-state index contributed by atoms with van der Waals surface area (Å²) in [5, 5.41) is 0. The van der Waals surface area contributed by atoms with Crippen LogP contribution in [0.25, 0.3) is 0 Å². The van der Waals surface area contributed by atoms with Gasteiger partial charge in [-0.15, -0.1) is 0 Å². The third kappa shape index (κ3) is 3.38. The Morgan fingerprint density at radius 3 is 2.21 bits per heavy atom. The molecule has 0 aromatic heterocycles. The molecule has 1 aliphatic rings. The van der Waals surface area contributed by atoms with E-state index in [0.29, 0.717) is 17.9 Å².